The van der Waals surface area contributed by atoms with Crippen LogP contribution in [0.1, 0.15) is 26.3 Å². The molecule has 7 nitrogen and oxygen atoms in total. The molecule has 4 rings (SSSR count). The third-order valence-corrected chi connectivity index (χ3v) is 6.07. The molecule has 1 saturated heterocycles. The topological polar surface area (TPSA) is 79.6 Å². The molecule has 2 heterocycles. The molecule has 35 heavy (non-hydrogen) atoms. The minimum absolute atomic E-state index is 0.0310. The Kier molecular flexibility index (Phi) is 7.94. The maximum atomic E-state index is 12.7. The van der Waals surface area contributed by atoms with Crippen LogP contribution in [0, 0.1) is 0 Å². The molecule has 2 atom stereocenters. The zero-order valence-corrected chi connectivity index (χ0v) is 20.3. The van der Waals surface area contributed by atoms with Crippen molar-refractivity contribution in [2.75, 3.05) is 33.2 Å². The van der Waals surface area contributed by atoms with Gasteiger partial charge in [0.05, 0.1) is 11.6 Å². The molecular formula is C25H31F3N4O3. The van der Waals surface area contributed by atoms with Crippen LogP contribution in [0.25, 0.3) is 0 Å². The number of likely N-dealkylation sites (N-methyl/N-ethyl adjacent to an activating group) is 1. The van der Waals surface area contributed by atoms with Gasteiger partial charge in [-0.1, -0.05) is 49.8 Å². The highest BCUT2D eigenvalue weighted by atomic mass is 19.4. The van der Waals surface area contributed by atoms with Gasteiger partial charge in [0.25, 0.3) is 5.91 Å². The monoisotopic (exact) mass is 492 g/mol. The number of hydrogen-bond donors (Lipinski definition) is 2. The summed E-state index contributed by atoms with van der Waals surface area (Å²) in [4.78, 5) is 21.8. The van der Waals surface area contributed by atoms with Gasteiger partial charge in [-0.3, -0.25) is 4.79 Å². The number of fused-ring (bicyclic) bond motifs is 1. The summed E-state index contributed by atoms with van der Waals surface area (Å²) in [5.41, 5.74) is 2.57. The number of phenolic OH excluding ortho intramolecular Hbond substituents is 1. The molecule has 3 aliphatic rings. The lowest BCUT2D eigenvalue weighted by Crippen LogP contribution is -2.54. The number of alkyl halides is 3. The number of carbonyl (C=O) groups is 1. The average Bonchev–Trinajstić information content (AvgIpc) is 2.85. The van der Waals surface area contributed by atoms with Gasteiger partial charge in [0.15, 0.2) is 0 Å². The van der Waals surface area contributed by atoms with Crippen molar-refractivity contribution in [1.82, 2.24) is 14.7 Å². The summed E-state index contributed by atoms with van der Waals surface area (Å²) in [6, 6.07) is 6.76. The summed E-state index contributed by atoms with van der Waals surface area (Å²) < 4.78 is 38.2. The third-order valence-electron chi connectivity index (χ3n) is 6.07. The number of phenols is 1. The number of allylic oxidation sites excluding steroid dienone is 2. The second-order valence-corrected chi connectivity index (χ2v) is 8.29. The molecule has 2 aliphatic heterocycles. The predicted molar refractivity (Wildman–Crippen MR) is 128 cm³/mol. The van der Waals surface area contributed by atoms with E-state index >= 15 is 0 Å². The van der Waals surface area contributed by atoms with Crippen LogP contribution in [-0.2, 0) is 4.79 Å². The molecule has 2 N–H and O–H groups in total. The van der Waals surface area contributed by atoms with Crippen LogP contribution in [0.3, 0.4) is 0 Å². The quantitative estimate of drug-likeness (QED) is 0.677. The number of halogens is 3. The first kappa shape index (κ1) is 26.3. The summed E-state index contributed by atoms with van der Waals surface area (Å²) in [5, 5.41) is 19.7. The fraction of sp³-hybridized carbons (Fsp3) is 0.440. The largest absolute Gasteiger partial charge is 0.507 e. The van der Waals surface area contributed by atoms with Gasteiger partial charge in [-0.25, -0.2) is 4.99 Å². The minimum atomic E-state index is -4.99. The van der Waals surface area contributed by atoms with Gasteiger partial charge >= 0.3 is 6.18 Å². The van der Waals surface area contributed by atoms with Crippen molar-refractivity contribution in [2.24, 2.45) is 4.99 Å². The molecule has 2 unspecified atom stereocenters. The van der Waals surface area contributed by atoms with E-state index in [4.69, 9.17) is 4.99 Å². The van der Waals surface area contributed by atoms with Crippen molar-refractivity contribution in [1.29, 1.82) is 0 Å². The van der Waals surface area contributed by atoms with E-state index < -0.39 is 18.2 Å². The molecule has 0 saturated carbocycles. The van der Waals surface area contributed by atoms with Crippen LogP contribution in [0.2, 0.25) is 0 Å². The van der Waals surface area contributed by atoms with Crippen molar-refractivity contribution >= 4 is 11.7 Å². The number of aromatic hydroxyl groups is 1. The van der Waals surface area contributed by atoms with E-state index in [1.165, 1.54) is 0 Å². The fourth-order valence-electron chi connectivity index (χ4n) is 4.23. The van der Waals surface area contributed by atoms with Crippen LogP contribution in [-0.4, -0.2) is 88.2 Å². The lowest BCUT2D eigenvalue weighted by molar-refractivity contribution is -0.211. The summed E-state index contributed by atoms with van der Waals surface area (Å²) in [6.07, 6.45) is -1.97. The van der Waals surface area contributed by atoms with Crippen molar-refractivity contribution in [3.8, 4) is 5.75 Å². The maximum absolute atomic E-state index is 12.7. The highest BCUT2D eigenvalue weighted by molar-refractivity contribution is 6.02. The molecule has 190 valence electrons. The molecule has 1 fully saturated rings. The second-order valence-electron chi connectivity index (χ2n) is 8.29. The molecule has 1 aromatic carbocycles. The van der Waals surface area contributed by atoms with Crippen molar-refractivity contribution in [3.05, 3.63) is 65.0 Å². The molecule has 0 bridgehead atoms. The molecule has 0 aromatic heterocycles. The Morgan fingerprint density at radius 3 is 2.34 bits per heavy atom. The average molecular weight is 493 g/mol. The van der Waals surface area contributed by atoms with Crippen molar-refractivity contribution < 1.29 is 28.2 Å². The number of aliphatic imine (C=N–C) groups is 1. The van der Waals surface area contributed by atoms with Gasteiger partial charge in [-0.2, -0.15) is 13.2 Å². The van der Waals surface area contributed by atoms with E-state index in [-0.39, 0.29) is 38.0 Å². The first-order valence-corrected chi connectivity index (χ1v) is 11.6. The second kappa shape index (κ2) is 10.6. The summed E-state index contributed by atoms with van der Waals surface area (Å²) in [5.74, 6) is -0.0212. The van der Waals surface area contributed by atoms with Gasteiger partial charge in [-0.05, 0) is 19.1 Å². The SMILES string of the molecule is CC.CC1=CC2C(=C(N3CCN(C(=O)C(O)C(F)(F)F)CC3)N=C(c3ccccc3O)N2C)C=C1. The normalized spacial score (nSPS) is 21.0. The van der Waals surface area contributed by atoms with Gasteiger partial charge in [-0.15, -0.1) is 0 Å². The number of rotatable bonds is 3. The minimum Gasteiger partial charge on any atom is -0.507 e. The number of amides is 1. The Hall–Kier alpha value is -3.27. The van der Waals surface area contributed by atoms with E-state index in [2.05, 4.69) is 6.08 Å². The Morgan fingerprint density at radius 1 is 1.11 bits per heavy atom. The number of para-hydroxylation sites is 1. The van der Waals surface area contributed by atoms with Crippen molar-refractivity contribution in [2.45, 2.75) is 39.1 Å². The molecule has 1 aromatic rings. The Morgan fingerprint density at radius 2 is 1.74 bits per heavy atom. The lowest BCUT2D eigenvalue weighted by atomic mass is 9.94. The summed E-state index contributed by atoms with van der Waals surface area (Å²) in [6.45, 7) is 6.58. The van der Waals surface area contributed by atoms with Crippen LogP contribution in [0.5, 0.6) is 5.75 Å². The summed E-state index contributed by atoms with van der Waals surface area (Å²) in [7, 11) is 1.89. The third kappa shape index (κ3) is 5.37. The Bertz CT molecular complexity index is 1070. The number of nitrogens with zero attached hydrogens (tertiary/aromatic N) is 4. The predicted octanol–water partition coefficient (Wildman–Crippen LogP) is 3.27. The van der Waals surface area contributed by atoms with E-state index in [1.54, 1.807) is 18.2 Å². The van der Waals surface area contributed by atoms with Crippen LogP contribution in [0.15, 0.2) is 64.5 Å². The van der Waals surface area contributed by atoms with E-state index in [1.807, 2.05) is 55.8 Å². The first-order chi connectivity index (χ1) is 16.6. The van der Waals surface area contributed by atoms with Crippen LogP contribution in [0.4, 0.5) is 13.2 Å². The molecule has 0 radical (unpaired) electrons. The van der Waals surface area contributed by atoms with Crippen LogP contribution < -0.4 is 0 Å². The van der Waals surface area contributed by atoms with Gasteiger partial charge < -0.3 is 24.9 Å². The number of benzene rings is 1. The Balaban J connectivity index is 0.00000167. The molecule has 1 amide bonds. The van der Waals surface area contributed by atoms with Crippen LogP contribution >= 0.6 is 0 Å². The van der Waals surface area contributed by atoms with Gasteiger partial charge in [0.2, 0.25) is 6.10 Å². The highest BCUT2D eigenvalue weighted by Crippen LogP contribution is 2.33. The summed E-state index contributed by atoms with van der Waals surface area (Å²) >= 11 is 0. The Labute approximate surface area is 203 Å². The number of piperazine rings is 1. The van der Waals surface area contributed by atoms with Gasteiger partial charge in [0.1, 0.15) is 17.4 Å². The number of carbonyl (C=O) groups excluding carboxylic acids is 1. The van der Waals surface area contributed by atoms with E-state index in [0.717, 1.165) is 16.0 Å². The fourth-order valence-corrected chi connectivity index (χ4v) is 4.23. The van der Waals surface area contributed by atoms with E-state index in [0.29, 0.717) is 17.2 Å². The molecule has 1 aliphatic carbocycles. The van der Waals surface area contributed by atoms with Gasteiger partial charge in [0, 0.05) is 38.8 Å². The lowest BCUT2D eigenvalue weighted by Gasteiger charge is -2.42. The first-order valence-electron chi connectivity index (χ1n) is 11.6. The standard InChI is InChI=1S/C23H25F3N4O3.C2H6/c1-14-7-8-15-17(13-14)28(2)20(16-5-3-4-6-18(16)31)27-21(15)29-9-11-30(12-10-29)22(33)19(32)23(24,25)26;1-2/h3-8,13,17,19,31-32H,9-12H2,1-2H3;1-2H3. The molecule has 10 heteroatoms. The maximum Gasteiger partial charge on any atom is 0.423 e. The zero-order valence-electron chi connectivity index (χ0n) is 20.3. The zero-order chi connectivity index (χ0) is 25.9. The van der Waals surface area contributed by atoms with E-state index in [9.17, 15) is 28.2 Å². The number of aliphatic hydroxyl groups excluding tert-OH is 1. The molecule has 0 spiro atoms. The number of aliphatic hydroxyl groups is 1. The smallest absolute Gasteiger partial charge is 0.423 e. The molecular weight excluding hydrogens is 461 g/mol. The number of hydrogen-bond acceptors (Lipinski definition) is 6. The number of amidine groups is 1. The highest BCUT2D eigenvalue weighted by Gasteiger charge is 2.46. The van der Waals surface area contributed by atoms with Crippen molar-refractivity contribution in [3.63, 3.8) is 0 Å².